The molecule has 0 aromatic heterocycles. The molecule has 0 spiro atoms. The molecule has 0 aliphatic carbocycles. The molecule has 0 radical (unpaired) electrons. The zero-order chi connectivity index (χ0) is 9.84. The number of methoxy groups -OCH3 is 1. The Labute approximate surface area is 80.7 Å². The van der Waals surface area contributed by atoms with E-state index in [1.807, 2.05) is 0 Å². The van der Waals surface area contributed by atoms with Gasteiger partial charge in [0.2, 0.25) is 0 Å². The van der Waals surface area contributed by atoms with Crippen molar-refractivity contribution in [3.63, 3.8) is 0 Å². The third kappa shape index (κ3) is 2.66. The molecule has 0 aromatic rings. The fourth-order valence-electron chi connectivity index (χ4n) is 2.14. The van der Waals surface area contributed by atoms with Crippen LogP contribution in [0.1, 0.15) is 20.3 Å². The van der Waals surface area contributed by atoms with Crippen LogP contribution in [0.5, 0.6) is 0 Å². The molecular weight excluding hydrogens is 166 g/mol. The summed E-state index contributed by atoms with van der Waals surface area (Å²) in [5, 5.41) is 8.90. The van der Waals surface area contributed by atoms with Crippen molar-refractivity contribution in [3.8, 4) is 0 Å². The van der Waals surface area contributed by atoms with Crippen molar-refractivity contribution in [2.45, 2.75) is 32.4 Å². The number of nitrogens with zero attached hydrogens (tertiary/aromatic N) is 1. The van der Waals surface area contributed by atoms with E-state index in [4.69, 9.17) is 9.84 Å². The highest BCUT2D eigenvalue weighted by Crippen LogP contribution is 2.24. The topological polar surface area (TPSA) is 32.7 Å². The Balaban J connectivity index is 2.49. The van der Waals surface area contributed by atoms with Crippen LogP contribution in [0.4, 0.5) is 0 Å². The fraction of sp³-hybridized carbons (Fsp3) is 1.00. The smallest absolute Gasteiger partial charge is 0.0713 e. The van der Waals surface area contributed by atoms with Crippen molar-refractivity contribution >= 4 is 0 Å². The lowest BCUT2D eigenvalue weighted by Crippen LogP contribution is -2.35. The molecule has 2 unspecified atom stereocenters. The monoisotopic (exact) mass is 187 g/mol. The van der Waals surface area contributed by atoms with E-state index < -0.39 is 0 Å². The molecule has 1 heterocycles. The van der Waals surface area contributed by atoms with Crippen LogP contribution in [-0.2, 0) is 4.74 Å². The van der Waals surface area contributed by atoms with Gasteiger partial charge in [0.25, 0.3) is 0 Å². The molecule has 1 aliphatic heterocycles. The second-order valence-electron chi connectivity index (χ2n) is 4.12. The van der Waals surface area contributed by atoms with Crippen LogP contribution in [0.25, 0.3) is 0 Å². The maximum absolute atomic E-state index is 8.90. The number of rotatable bonds is 4. The highest BCUT2D eigenvalue weighted by Gasteiger charge is 2.33. The van der Waals surface area contributed by atoms with Gasteiger partial charge in [-0.3, -0.25) is 4.90 Å². The number of hydrogen-bond acceptors (Lipinski definition) is 3. The lowest BCUT2D eigenvalue weighted by atomic mass is 10.0. The summed E-state index contributed by atoms with van der Waals surface area (Å²) >= 11 is 0. The van der Waals surface area contributed by atoms with Crippen LogP contribution in [-0.4, -0.2) is 49.0 Å². The van der Waals surface area contributed by atoms with Gasteiger partial charge in [0.1, 0.15) is 0 Å². The molecule has 1 N–H and O–H groups in total. The average molecular weight is 187 g/mol. The molecule has 13 heavy (non-hydrogen) atoms. The molecule has 78 valence electrons. The van der Waals surface area contributed by atoms with Crippen LogP contribution in [0.15, 0.2) is 0 Å². The molecule has 0 amide bonds. The Bertz CT molecular complexity index is 150. The molecular formula is C10H21NO2. The summed E-state index contributed by atoms with van der Waals surface area (Å²) in [6.45, 7) is 6.46. The molecule has 2 atom stereocenters. The zero-order valence-electron chi connectivity index (χ0n) is 8.86. The molecule has 0 saturated carbocycles. The summed E-state index contributed by atoms with van der Waals surface area (Å²) in [7, 11) is 1.77. The standard InChI is InChI=1S/C10H21NO2/c1-8(2)10-6-9(13-3)7-11(10)4-5-12/h8-10,12H,4-7H2,1-3H3. The van der Waals surface area contributed by atoms with Gasteiger partial charge in [-0.25, -0.2) is 0 Å². The Morgan fingerprint density at radius 2 is 2.23 bits per heavy atom. The van der Waals surface area contributed by atoms with E-state index in [0.29, 0.717) is 18.1 Å². The van der Waals surface area contributed by atoms with E-state index in [0.717, 1.165) is 19.5 Å². The predicted molar refractivity (Wildman–Crippen MR) is 52.7 cm³/mol. The highest BCUT2D eigenvalue weighted by molar-refractivity contribution is 4.87. The number of ether oxygens (including phenoxy) is 1. The molecule has 1 aliphatic rings. The minimum Gasteiger partial charge on any atom is -0.395 e. The van der Waals surface area contributed by atoms with Crippen LogP contribution in [0.3, 0.4) is 0 Å². The fourth-order valence-corrected chi connectivity index (χ4v) is 2.14. The quantitative estimate of drug-likeness (QED) is 0.704. The lowest BCUT2D eigenvalue weighted by Gasteiger charge is -2.26. The van der Waals surface area contributed by atoms with Crippen molar-refractivity contribution in [3.05, 3.63) is 0 Å². The Kier molecular flexibility index (Phi) is 4.16. The Morgan fingerprint density at radius 3 is 2.69 bits per heavy atom. The van der Waals surface area contributed by atoms with E-state index in [-0.39, 0.29) is 6.61 Å². The second-order valence-corrected chi connectivity index (χ2v) is 4.12. The summed E-state index contributed by atoms with van der Waals surface area (Å²) in [5.74, 6) is 0.645. The molecule has 1 saturated heterocycles. The molecule has 3 heteroatoms. The van der Waals surface area contributed by atoms with Gasteiger partial charge < -0.3 is 9.84 Å². The molecule has 0 bridgehead atoms. The Morgan fingerprint density at radius 1 is 1.54 bits per heavy atom. The molecule has 1 rings (SSSR count). The van der Waals surface area contributed by atoms with Gasteiger partial charge in [-0.1, -0.05) is 13.8 Å². The summed E-state index contributed by atoms with van der Waals surface area (Å²) < 4.78 is 5.34. The van der Waals surface area contributed by atoms with Crippen molar-refractivity contribution in [1.82, 2.24) is 4.90 Å². The maximum atomic E-state index is 8.90. The third-order valence-electron chi connectivity index (χ3n) is 2.90. The van der Waals surface area contributed by atoms with Gasteiger partial charge in [-0.2, -0.15) is 0 Å². The summed E-state index contributed by atoms with van der Waals surface area (Å²) in [6.07, 6.45) is 1.47. The minimum absolute atomic E-state index is 0.250. The zero-order valence-corrected chi connectivity index (χ0v) is 8.86. The van der Waals surface area contributed by atoms with E-state index in [1.165, 1.54) is 0 Å². The van der Waals surface area contributed by atoms with Crippen LogP contribution < -0.4 is 0 Å². The average Bonchev–Trinajstić information content (AvgIpc) is 2.48. The number of likely N-dealkylation sites (tertiary alicyclic amines) is 1. The van der Waals surface area contributed by atoms with Gasteiger partial charge in [0.15, 0.2) is 0 Å². The molecule has 0 aromatic carbocycles. The largest absolute Gasteiger partial charge is 0.395 e. The SMILES string of the molecule is COC1CC(C(C)C)N(CCO)C1. The first-order valence-corrected chi connectivity index (χ1v) is 5.06. The van der Waals surface area contributed by atoms with Crippen LogP contribution in [0.2, 0.25) is 0 Å². The second kappa shape index (κ2) is 4.94. The molecule has 1 fully saturated rings. The number of β-amino-alcohol motifs (C(OH)–C–C–N with tert-alkyl or cyclic N) is 1. The van der Waals surface area contributed by atoms with E-state index in [2.05, 4.69) is 18.7 Å². The normalized spacial score (nSPS) is 30.2. The number of aliphatic hydroxyl groups excluding tert-OH is 1. The minimum atomic E-state index is 0.250. The maximum Gasteiger partial charge on any atom is 0.0713 e. The van der Waals surface area contributed by atoms with Gasteiger partial charge >= 0.3 is 0 Å². The van der Waals surface area contributed by atoms with E-state index in [1.54, 1.807) is 7.11 Å². The summed E-state index contributed by atoms with van der Waals surface area (Å²) in [5.41, 5.74) is 0. The third-order valence-corrected chi connectivity index (χ3v) is 2.90. The van der Waals surface area contributed by atoms with E-state index >= 15 is 0 Å². The first-order valence-electron chi connectivity index (χ1n) is 5.06. The van der Waals surface area contributed by atoms with Crippen molar-refractivity contribution in [1.29, 1.82) is 0 Å². The van der Waals surface area contributed by atoms with Crippen molar-refractivity contribution in [2.24, 2.45) is 5.92 Å². The number of hydrogen-bond donors (Lipinski definition) is 1. The first kappa shape index (κ1) is 11.0. The Hall–Kier alpha value is -0.120. The van der Waals surface area contributed by atoms with E-state index in [9.17, 15) is 0 Å². The van der Waals surface area contributed by atoms with Crippen LogP contribution >= 0.6 is 0 Å². The van der Waals surface area contributed by atoms with Crippen LogP contribution in [0, 0.1) is 5.92 Å². The lowest BCUT2D eigenvalue weighted by molar-refractivity contribution is 0.104. The van der Waals surface area contributed by atoms with Gasteiger partial charge in [-0.05, 0) is 12.3 Å². The number of aliphatic hydroxyl groups is 1. The predicted octanol–water partition coefficient (Wildman–Crippen LogP) is 0.724. The van der Waals surface area contributed by atoms with Gasteiger partial charge in [0, 0.05) is 26.2 Å². The first-order chi connectivity index (χ1) is 6.19. The molecule has 3 nitrogen and oxygen atoms in total. The van der Waals surface area contributed by atoms with Gasteiger partial charge in [-0.15, -0.1) is 0 Å². The van der Waals surface area contributed by atoms with Gasteiger partial charge in [0.05, 0.1) is 12.7 Å². The summed E-state index contributed by atoms with van der Waals surface area (Å²) in [4.78, 5) is 2.33. The van der Waals surface area contributed by atoms with Crippen molar-refractivity contribution in [2.75, 3.05) is 26.8 Å². The highest BCUT2D eigenvalue weighted by atomic mass is 16.5. The summed E-state index contributed by atoms with van der Waals surface area (Å²) in [6, 6.07) is 0.581. The van der Waals surface area contributed by atoms with Crippen molar-refractivity contribution < 1.29 is 9.84 Å².